The van der Waals surface area contributed by atoms with E-state index in [1.54, 1.807) is 12.1 Å². The van der Waals surface area contributed by atoms with E-state index in [1.807, 2.05) is 0 Å². The van der Waals surface area contributed by atoms with Crippen molar-refractivity contribution in [2.24, 2.45) is 0 Å². The number of anilines is 1. The minimum absolute atomic E-state index is 0.158. The third-order valence-electron chi connectivity index (χ3n) is 3.07. The van der Waals surface area contributed by atoms with Gasteiger partial charge in [0.25, 0.3) is 0 Å². The smallest absolute Gasteiger partial charge is 0.322 e. The highest BCUT2D eigenvalue weighted by molar-refractivity contribution is 6.42. The first-order valence-corrected chi connectivity index (χ1v) is 7.05. The summed E-state index contributed by atoms with van der Waals surface area (Å²) in [6.07, 6.45) is -0.158. The molecule has 0 bridgehead atoms. The van der Waals surface area contributed by atoms with E-state index >= 15 is 0 Å². The molecule has 0 saturated carbocycles. The molecule has 2 rings (SSSR count). The van der Waals surface area contributed by atoms with Gasteiger partial charge in [0.05, 0.1) is 35.7 Å². The summed E-state index contributed by atoms with van der Waals surface area (Å²) in [7, 11) is 0. The number of hydrogen-bond donors (Lipinski definition) is 2. The molecule has 6 nitrogen and oxygen atoms in total. The Morgan fingerprint density at radius 1 is 1.38 bits per heavy atom. The summed E-state index contributed by atoms with van der Waals surface area (Å²) in [5.41, 5.74) is 0.495. The van der Waals surface area contributed by atoms with Crippen LogP contribution in [0.5, 0.6) is 0 Å². The number of nitrogens with zero attached hydrogens (tertiary/aromatic N) is 1. The van der Waals surface area contributed by atoms with Crippen molar-refractivity contribution in [1.29, 1.82) is 0 Å². The van der Waals surface area contributed by atoms with Gasteiger partial charge in [0.15, 0.2) is 0 Å². The van der Waals surface area contributed by atoms with Crippen molar-refractivity contribution in [3.05, 3.63) is 28.2 Å². The van der Waals surface area contributed by atoms with Gasteiger partial charge < -0.3 is 20.1 Å². The zero-order valence-electron chi connectivity index (χ0n) is 11.0. The molecule has 1 aromatic rings. The number of nitrogens with one attached hydrogen (secondary N) is 1. The number of aliphatic carboxylic acids is 1. The number of carbonyl (C=O) groups excluding carboxylic acids is 1. The molecule has 2 N–H and O–H groups in total. The number of ether oxygens (including phenoxy) is 1. The molecule has 1 atom stereocenters. The molecule has 1 unspecified atom stereocenters. The fourth-order valence-electron chi connectivity index (χ4n) is 2.06. The molecular weight excluding hydrogens is 319 g/mol. The molecule has 114 valence electrons. The number of benzene rings is 1. The number of rotatable bonds is 3. The number of urea groups is 1. The lowest BCUT2D eigenvalue weighted by molar-refractivity contribution is -0.139. The second kappa shape index (κ2) is 6.98. The minimum atomic E-state index is -0.974. The third kappa shape index (κ3) is 4.23. The van der Waals surface area contributed by atoms with Crippen LogP contribution in [0.25, 0.3) is 0 Å². The molecule has 0 radical (unpaired) electrons. The highest BCUT2D eigenvalue weighted by atomic mass is 35.5. The second-order valence-electron chi connectivity index (χ2n) is 4.58. The molecule has 0 aromatic heterocycles. The van der Waals surface area contributed by atoms with E-state index in [0.29, 0.717) is 28.9 Å². The standard InChI is InChI=1S/C13H14Cl2N2O4/c14-10-2-1-8(5-11(10)15)16-13(20)17-3-4-21-7-9(17)6-12(18)19/h1-2,5,9H,3-4,6-7H2,(H,16,20)(H,18,19). The van der Waals surface area contributed by atoms with Crippen molar-refractivity contribution in [2.75, 3.05) is 25.1 Å². The van der Waals surface area contributed by atoms with E-state index < -0.39 is 12.0 Å². The first-order chi connectivity index (χ1) is 9.97. The number of hydrogen-bond acceptors (Lipinski definition) is 3. The average Bonchev–Trinajstić information content (AvgIpc) is 2.43. The van der Waals surface area contributed by atoms with E-state index in [1.165, 1.54) is 11.0 Å². The number of amides is 2. The Morgan fingerprint density at radius 2 is 2.14 bits per heavy atom. The van der Waals surface area contributed by atoms with E-state index in [9.17, 15) is 9.59 Å². The van der Waals surface area contributed by atoms with Gasteiger partial charge in [-0.1, -0.05) is 23.2 Å². The van der Waals surface area contributed by atoms with Crippen molar-refractivity contribution in [1.82, 2.24) is 4.90 Å². The van der Waals surface area contributed by atoms with Crippen LogP contribution >= 0.6 is 23.2 Å². The van der Waals surface area contributed by atoms with Crippen LogP contribution in [-0.2, 0) is 9.53 Å². The predicted octanol–water partition coefficient (Wildman–Crippen LogP) is 2.70. The number of carboxylic acids is 1. The van der Waals surface area contributed by atoms with Crippen LogP contribution < -0.4 is 5.32 Å². The van der Waals surface area contributed by atoms with Crippen molar-refractivity contribution in [3.63, 3.8) is 0 Å². The Kier molecular flexibility index (Phi) is 5.27. The van der Waals surface area contributed by atoms with Gasteiger partial charge in [0, 0.05) is 12.2 Å². The van der Waals surface area contributed by atoms with Crippen LogP contribution in [0, 0.1) is 0 Å². The van der Waals surface area contributed by atoms with Gasteiger partial charge in [-0.2, -0.15) is 0 Å². The van der Waals surface area contributed by atoms with Crippen LogP contribution in [0.3, 0.4) is 0 Å². The lowest BCUT2D eigenvalue weighted by Gasteiger charge is -2.34. The number of morpholine rings is 1. The van der Waals surface area contributed by atoms with Crippen LogP contribution in [-0.4, -0.2) is 47.8 Å². The fraction of sp³-hybridized carbons (Fsp3) is 0.385. The van der Waals surface area contributed by atoms with Gasteiger partial charge in [-0.05, 0) is 18.2 Å². The van der Waals surface area contributed by atoms with E-state index in [4.69, 9.17) is 33.0 Å². The van der Waals surface area contributed by atoms with Crippen molar-refractivity contribution < 1.29 is 19.4 Å². The summed E-state index contributed by atoms with van der Waals surface area (Å²) in [6.45, 7) is 0.928. The molecule has 1 aliphatic heterocycles. The van der Waals surface area contributed by atoms with Crippen LogP contribution in [0.15, 0.2) is 18.2 Å². The lowest BCUT2D eigenvalue weighted by atomic mass is 10.1. The summed E-state index contributed by atoms with van der Waals surface area (Å²) in [4.78, 5) is 24.5. The summed E-state index contributed by atoms with van der Waals surface area (Å²) in [6, 6.07) is 3.86. The maximum atomic E-state index is 12.2. The highest BCUT2D eigenvalue weighted by Gasteiger charge is 2.29. The Bertz CT molecular complexity index is 553. The largest absolute Gasteiger partial charge is 0.481 e. The summed E-state index contributed by atoms with van der Waals surface area (Å²) in [5, 5.41) is 12.3. The van der Waals surface area contributed by atoms with Crippen molar-refractivity contribution >= 4 is 40.9 Å². The van der Waals surface area contributed by atoms with E-state index in [-0.39, 0.29) is 19.1 Å². The molecule has 1 aromatic carbocycles. The average molecular weight is 333 g/mol. The van der Waals surface area contributed by atoms with Crippen LogP contribution in [0.2, 0.25) is 10.0 Å². The van der Waals surface area contributed by atoms with Gasteiger partial charge in [0.2, 0.25) is 0 Å². The summed E-state index contributed by atoms with van der Waals surface area (Å²) in [5.74, 6) is -0.974. The lowest BCUT2D eigenvalue weighted by Crippen LogP contribution is -2.51. The number of carbonyl (C=O) groups is 2. The number of halogens is 2. The van der Waals surface area contributed by atoms with Gasteiger partial charge in [0.1, 0.15) is 0 Å². The van der Waals surface area contributed by atoms with Crippen LogP contribution in [0.4, 0.5) is 10.5 Å². The van der Waals surface area contributed by atoms with E-state index in [0.717, 1.165) is 0 Å². The molecule has 1 saturated heterocycles. The Hall–Kier alpha value is -1.50. The molecule has 2 amide bonds. The number of carboxylic acid groups (broad SMARTS) is 1. The topological polar surface area (TPSA) is 78.9 Å². The fourth-order valence-corrected chi connectivity index (χ4v) is 2.36. The zero-order valence-corrected chi connectivity index (χ0v) is 12.5. The first-order valence-electron chi connectivity index (χ1n) is 6.29. The molecule has 21 heavy (non-hydrogen) atoms. The monoisotopic (exact) mass is 332 g/mol. The first kappa shape index (κ1) is 15.9. The second-order valence-corrected chi connectivity index (χ2v) is 5.39. The van der Waals surface area contributed by atoms with Gasteiger partial charge in [-0.3, -0.25) is 4.79 Å². The molecular formula is C13H14Cl2N2O4. The predicted molar refractivity (Wildman–Crippen MR) is 79.0 cm³/mol. The minimum Gasteiger partial charge on any atom is -0.481 e. The maximum absolute atomic E-state index is 12.2. The molecule has 8 heteroatoms. The summed E-state index contributed by atoms with van der Waals surface area (Å²) < 4.78 is 5.22. The molecule has 1 fully saturated rings. The molecule has 0 spiro atoms. The van der Waals surface area contributed by atoms with Gasteiger partial charge in [-0.15, -0.1) is 0 Å². The highest BCUT2D eigenvalue weighted by Crippen LogP contribution is 2.25. The van der Waals surface area contributed by atoms with Crippen LogP contribution in [0.1, 0.15) is 6.42 Å². The summed E-state index contributed by atoms with van der Waals surface area (Å²) >= 11 is 11.7. The van der Waals surface area contributed by atoms with Gasteiger partial charge >= 0.3 is 12.0 Å². The third-order valence-corrected chi connectivity index (χ3v) is 3.81. The van der Waals surface area contributed by atoms with Crippen molar-refractivity contribution in [2.45, 2.75) is 12.5 Å². The van der Waals surface area contributed by atoms with Gasteiger partial charge in [-0.25, -0.2) is 4.79 Å². The maximum Gasteiger partial charge on any atom is 0.322 e. The van der Waals surface area contributed by atoms with Crippen molar-refractivity contribution in [3.8, 4) is 0 Å². The Balaban J connectivity index is 2.06. The van der Waals surface area contributed by atoms with E-state index in [2.05, 4.69) is 5.32 Å². The SMILES string of the molecule is O=C(O)CC1COCCN1C(=O)Nc1ccc(Cl)c(Cl)c1. The Morgan fingerprint density at radius 3 is 2.81 bits per heavy atom. The quantitative estimate of drug-likeness (QED) is 0.891. The normalized spacial score (nSPS) is 18.4. The molecule has 1 aliphatic rings. The molecule has 0 aliphatic carbocycles. The molecule has 1 heterocycles. The Labute approximate surface area is 131 Å². The zero-order chi connectivity index (χ0) is 15.4.